The molecule has 2 aliphatic heterocycles. The third-order valence-corrected chi connectivity index (χ3v) is 5.97. The minimum Gasteiger partial charge on any atom is -0.483 e. The summed E-state index contributed by atoms with van der Waals surface area (Å²) >= 11 is 0. The van der Waals surface area contributed by atoms with Gasteiger partial charge in [-0.2, -0.15) is 0 Å². The molecular weight excluding hydrogens is 446 g/mol. The van der Waals surface area contributed by atoms with Crippen LogP contribution in [0.3, 0.4) is 0 Å². The lowest BCUT2D eigenvalue weighted by molar-refractivity contribution is -0.146. The van der Waals surface area contributed by atoms with Crippen LogP contribution in [0.25, 0.3) is 0 Å². The molecule has 2 fully saturated rings. The van der Waals surface area contributed by atoms with E-state index in [1.54, 1.807) is 11.0 Å². The number of amides is 4. The second-order valence-electron chi connectivity index (χ2n) is 7.76. The number of urea groups is 1. The maximum absolute atomic E-state index is 13.4. The fourth-order valence-corrected chi connectivity index (χ4v) is 4.23. The van der Waals surface area contributed by atoms with Crippen LogP contribution >= 0.6 is 0 Å². The van der Waals surface area contributed by atoms with Crippen molar-refractivity contribution in [3.05, 3.63) is 60.1 Å². The van der Waals surface area contributed by atoms with Crippen molar-refractivity contribution in [2.45, 2.75) is 24.9 Å². The number of methoxy groups -OCH3 is 1. The van der Waals surface area contributed by atoms with Gasteiger partial charge in [0.1, 0.15) is 18.3 Å². The molecule has 1 spiro atoms. The molecule has 0 atom stereocenters. The predicted octanol–water partition coefficient (Wildman–Crippen LogP) is 1.59. The zero-order valence-corrected chi connectivity index (χ0v) is 18.6. The maximum Gasteiger partial charge on any atom is 0.328 e. The molecule has 1 aromatic carbocycles. The van der Waals surface area contributed by atoms with Crippen molar-refractivity contribution in [3.8, 4) is 0 Å². The molecule has 0 aliphatic carbocycles. The van der Waals surface area contributed by atoms with Gasteiger partial charge >= 0.3 is 12.0 Å². The molecule has 180 valence electrons. The molecule has 34 heavy (non-hydrogen) atoms. The van der Waals surface area contributed by atoms with E-state index in [2.05, 4.69) is 4.74 Å². The molecule has 0 unspecified atom stereocenters. The summed E-state index contributed by atoms with van der Waals surface area (Å²) in [5, 5.41) is 6.89. The SMILES string of the molecule is COC(=O)CN1C(=O)N(Cc2ccccc2)C2(CCN(C(=O)c3ccoc3)CC2)C1=O.O=CO. The molecule has 1 aromatic heterocycles. The Morgan fingerprint density at radius 2 is 1.79 bits per heavy atom. The molecular formula is C23H25N3O8. The van der Waals surface area contributed by atoms with Gasteiger partial charge < -0.3 is 24.1 Å². The number of carboxylic acid groups (broad SMARTS) is 1. The summed E-state index contributed by atoms with van der Waals surface area (Å²) in [6.45, 7) is 0.165. The number of piperidine rings is 1. The number of benzene rings is 1. The van der Waals surface area contributed by atoms with Gasteiger partial charge in [-0.15, -0.1) is 0 Å². The molecule has 2 aliphatic rings. The van der Waals surface area contributed by atoms with E-state index in [0.717, 1.165) is 10.5 Å². The molecule has 0 radical (unpaired) electrons. The summed E-state index contributed by atoms with van der Waals surface area (Å²) in [5.41, 5.74) is 0.215. The smallest absolute Gasteiger partial charge is 0.328 e. The van der Waals surface area contributed by atoms with E-state index in [0.29, 0.717) is 18.7 Å². The number of furan rings is 1. The highest BCUT2D eigenvalue weighted by Crippen LogP contribution is 2.38. The number of nitrogens with zero attached hydrogens (tertiary/aromatic N) is 3. The molecule has 2 aromatic rings. The van der Waals surface area contributed by atoms with Gasteiger partial charge in [0.05, 0.1) is 18.9 Å². The van der Waals surface area contributed by atoms with E-state index in [1.807, 2.05) is 30.3 Å². The molecule has 2 saturated heterocycles. The van der Waals surface area contributed by atoms with Gasteiger partial charge in [-0.3, -0.25) is 24.1 Å². The number of hydrogen-bond donors (Lipinski definition) is 1. The first-order valence-corrected chi connectivity index (χ1v) is 10.5. The Kier molecular flexibility index (Phi) is 7.67. The average molecular weight is 471 g/mol. The third kappa shape index (κ3) is 4.77. The normalized spacial score (nSPS) is 16.8. The van der Waals surface area contributed by atoms with Crippen LogP contribution in [-0.2, 0) is 25.7 Å². The molecule has 4 rings (SSSR count). The molecule has 0 bridgehead atoms. The first-order valence-electron chi connectivity index (χ1n) is 10.5. The Bertz CT molecular complexity index is 1030. The van der Waals surface area contributed by atoms with Gasteiger partial charge in [0.25, 0.3) is 18.3 Å². The number of carbonyl (C=O) groups excluding carboxylic acids is 4. The van der Waals surface area contributed by atoms with E-state index in [4.69, 9.17) is 14.3 Å². The van der Waals surface area contributed by atoms with Crippen molar-refractivity contribution < 1.29 is 38.2 Å². The number of rotatable bonds is 5. The van der Waals surface area contributed by atoms with Crippen molar-refractivity contribution in [2.24, 2.45) is 0 Å². The van der Waals surface area contributed by atoms with Crippen LogP contribution < -0.4 is 0 Å². The highest BCUT2D eigenvalue weighted by atomic mass is 16.5. The highest BCUT2D eigenvalue weighted by Gasteiger charge is 2.58. The van der Waals surface area contributed by atoms with Gasteiger partial charge in [-0.05, 0) is 24.5 Å². The lowest BCUT2D eigenvalue weighted by Crippen LogP contribution is -2.57. The number of likely N-dealkylation sites (tertiary alicyclic amines) is 1. The van der Waals surface area contributed by atoms with E-state index in [1.165, 1.54) is 24.5 Å². The zero-order valence-electron chi connectivity index (χ0n) is 18.6. The Balaban J connectivity index is 0.00000103. The van der Waals surface area contributed by atoms with Crippen LogP contribution in [0.1, 0.15) is 28.8 Å². The topological polar surface area (TPSA) is 138 Å². The first kappa shape index (κ1) is 24.5. The molecule has 0 saturated carbocycles. The quantitative estimate of drug-likeness (QED) is 0.394. The van der Waals surface area contributed by atoms with Gasteiger partial charge in [-0.1, -0.05) is 30.3 Å². The minimum atomic E-state index is -1.10. The Morgan fingerprint density at radius 1 is 1.15 bits per heavy atom. The van der Waals surface area contributed by atoms with Crippen LogP contribution in [-0.4, -0.2) is 82.4 Å². The van der Waals surface area contributed by atoms with E-state index >= 15 is 0 Å². The van der Waals surface area contributed by atoms with Gasteiger partial charge in [-0.25, -0.2) is 4.79 Å². The van der Waals surface area contributed by atoms with Gasteiger partial charge in [0.2, 0.25) is 0 Å². The van der Waals surface area contributed by atoms with Crippen molar-refractivity contribution in [3.63, 3.8) is 0 Å². The number of esters is 1. The molecule has 4 amide bonds. The fourth-order valence-electron chi connectivity index (χ4n) is 4.23. The van der Waals surface area contributed by atoms with Gasteiger partial charge in [0.15, 0.2) is 0 Å². The lowest BCUT2D eigenvalue weighted by atomic mass is 9.85. The summed E-state index contributed by atoms with van der Waals surface area (Å²) in [6.07, 6.45) is 3.39. The standard InChI is InChI=1S/C22H23N3O6.CH2O2/c1-30-18(26)14-24-20(28)22(25(21(24)29)13-16-5-3-2-4-6-16)8-10-23(11-9-22)19(27)17-7-12-31-15-17;2-1-3/h2-7,12,15H,8-11,13-14H2,1H3;1H,(H,2,3). The van der Waals surface area contributed by atoms with E-state index < -0.39 is 30.0 Å². The second-order valence-corrected chi connectivity index (χ2v) is 7.76. The van der Waals surface area contributed by atoms with Crippen LogP contribution in [0, 0.1) is 0 Å². The Labute approximate surface area is 195 Å². The summed E-state index contributed by atoms with van der Waals surface area (Å²) in [7, 11) is 1.21. The lowest BCUT2D eigenvalue weighted by Gasteiger charge is -2.42. The number of ether oxygens (including phenoxy) is 1. The summed E-state index contributed by atoms with van der Waals surface area (Å²) in [6, 6.07) is 10.4. The van der Waals surface area contributed by atoms with Crippen LogP contribution in [0.4, 0.5) is 4.79 Å². The molecule has 11 nitrogen and oxygen atoms in total. The van der Waals surface area contributed by atoms with E-state index in [-0.39, 0.29) is 31.8 Å². The maximum atomic E-state index is 13.4. The zero-order chi connectivity index (χ0) is 24.7. The van der Waals surface area contributed by atoms with Crippen LogP contribution in [0.2, 0.25) is 0 Å². The number of imide groups is 1. The Morgan fingerprint density at radius 3 is 2.35 bits per heavy atom. The average Bonchev–Trinajstić information content (AvgIpc) is 3.45. The van der Waals surface area contributed by atoms with Crippen molar-refractivity contribution in [1.82, 2.24) is 14.7 Å². The van der Waals surface area contributed by atoms with E-state index in [9.17, 15) is 19.2 Å². The van der Waals surface area contributed by atoms with Crippen molar-refractivity contribution in [2.75, 3.05) is 26.7 Å². The van der Waals surface area contributed by atoms with Crippen molar-refractivity contribution >= 4 is 30.3 Å². The third-order valence-electron chi connectivity index (χ3n) is 5.97. The largest absolute Gasteiger partial charge is 0.483 e. The van der Waals surface area contributed by atoms with Crippen LogP contribution in [0.5, 0.6) is 0 Å². The Hall–Kier alpha value is -4.15. The molecule has 11 heteroatoms. The number of carbonyl (C=O) groups is 5. The van der Waals surface area contributed by atoms with Crippen molar-refractivity contribution in [1.29, 1.82) is 0 Å². The summed E-state index contributed by atoms with van der Waals surface area (Å²) in [4.78, 5) is 63.6. The number of hydrogen-bond acceptors (Lipinski definition) is 7. The second kappa shape index (κ2) is 10.6. The molecule has 3 heterocycles. The van der Waals surface area contributed by atoms with Gasteiger partial charge in [0, 0.05) is 19.6 Å². The molecule has 1 N–H and O–H groups in total. The highest BCUT2D eigenvalue weighted by molar-refractivity contribution is 6.09. The summed E-state index contributed by atoms with van der Waals surface area (Å²) < 4.78 is 9.65. The fraction of sp³-hybridized carbons (Fsp3) is 0.348. The predicted molar refractivity (Wildman–Crippen MR) is 116 cm³/mol. The monoisotopic (exact) mass is 471 g/mol. The minimum absolute atomic E-state index is 0.179. The first-order chi connectivity index (χ1) is 16.4. The van der Waals surface area contributed by atoms with Crippen LogP contribution in [0.15, 0.2) is 53.3 Å². The summed E-state index contributed by atoms with van der Waals surface area (Å²) in [5.74, 6) is -1.26.